The molecule has 2 aromatic carbocycles. The van der Waals surface area contributed by atoms with E-state index in [-0.39, 0.29) is 45.5 Å². The largest absolute Gasteiger partial charge is 0.292 e. The number of halogens is 3. The Kier molecular flexibility index (Phi) is 6.58. The molecule has 200 valence electrons. The van der Waals surface area contributed by atoms with Crippen molar-refractivity contribution in [3.05, 3.63) is 106 Å². The van der Waals surface area contributed by atoms with Gasteiger partial charge in [0.15, 0.2) is 5.78 Å². The number of hydrogen-bond acceptors (Lipinski definition) is 5. The molecular formula is C28H23Cl2FN4O3S. The number of sulfonamides is 1. The number of hydrogen-bond donors (Lipinski definition) is 0. The molecule has 4 aromatic rings. The molecule has 11 heteroatoms. The van der Waals surface area contributed by atoms with E-state index < -0.39 is 15.4 Å². The Morgan fingerprint density at radius 2 is 1.85 bits per heavy atom. The quantitative estimate of drug-likeness (QED) is 0.293. The van der Waals surface area contributed by atoms with E-state index in [1.807, 2.05) is 0 Å². The van der Waals surface area contributed by atoms with Gasteiger partial charge in [0.2, 0.25) is 10.0 Å². The third-order valence-electron chi connectivity index (χ3n) is 7.82. The molecule has 3 heterocycles. The molecule has 1 fully saturated rings. The summed E-state index contributed by atoms with van der Waals surface area (Å²) in [5, 5.41) is 4.96. The van der Waals surface area contributed by atoms with Crippen molar-refractivity contribution in [2.45, 2.75) is 24.2 Å². The van der Waals surface area contributed by atoms with Gasteiger partial charge in [-0.05, 0) is 85.3 Å². The van der Waals surface area contributed by atoms with Crippen LogP contribution in [-0.2, 0) is 22.9 Å². The lowest BCUT2D eigenvalue weighted by Crippen LogP contribution is -2.57. The summed E-state index contributed by atoms with van der Waals surface area (Å²) in [6.45, 7) is 0.237. The van der Waals surface area contributed by atoms with E-state index in [1.165, 1.54) is 34.6 Å². The molecule has 6 rings (SSSR count). The number of pyridine rings is 1. The van der Waals surface area contributed by atoms with Crippen molar-refractivity contribution in [2.75, 3.05) is 13.1 Å². The van der Waals surface area contributed by atoms with Gasteiger partial charge in [0, 0.05) is 25.0 Å². The number of benzene rings is 2. The van der Waals surface area contributed by atoms with Gasteiger partial charge in [0.05, 0.1) is 32.2 Å². The Bertz CT molecular complexity index is 1680. The van der Waals surface area contributed by atoms with Gasteiger partial charge in [0.1, 0.15) is 11.5 Å². The van der Waals surface area contributed by atoms with E-state index >= 15 is 0 Å². The normalized spacial score (nSPS) is 21.3. The first-order chi connectivity index (χ1) is 18.7. The number of rotatable bonds is 5. The lowest BCUT2D eigenvalue weighted by molar-refractivity contribution is 0.0394. The van der Waals surface area contributed by atoms with E-state index in [0.717, 1.165) is 16.9 Å². The second kappa shape index (κ2) is 9.82. The average molecular weight is 585 g/mol. The van der Waals surface area contributed by atoms with E-state index in [9.17, 15) is 17.6 Å². The van der Waals surface area contributed by atoms with Crippen molar-refractivity contribution in [1.29, 1.82) is 0 Å². The second-order valence-corrected chi connectivity index (χ2v) is 12.7. The van der Waals surface area contributed by atoms with Crippen molar-refractivity contribution in [1.82, 2.24) is 19.1 Å². The number of carbonyl (C=O) groups is 1. The van der Waals surface area contributed by atoms with Gasteiger partial charge in [-0.1, -0.05) is 29.3 Å². The molecule has 0 N–H and O–H groups in total. The summed E-state index contributed by atoms with van der Waals surface area (Å²) in [5.41, 5.74) is 1.77. The number of piperidine rings is 1. The molecule has 0 bridgehead atoms. The van der Waals surface area contributed by atoms with Crippen LogP contribution in [0.2, 0.25) is 10.0 Å². The minimum atomic E-state index is -3.96. The number of nitrogens with zero attached hydrogens (tertiary/aromatic N) is 4. The number of ketones is 1. The van der Waals surface area contributed by atoms with Gasteiger partial charge in [-0.25, -0.2) is 17.5 Å². The molecule has 0 spiro atoms. The zero-order valence-corrected chi connectivity index (χ0v) is 22.9. The zero-order valence-electron chi connectivity index (χ0n) is 20.6. The van der Waals surface area contributed by atoms with E-state index in [2.05, 4.69) is 10.1 Å². The first-order valence-electron chi connectivity index (χ1n) is 12.4. The number of fused-ring (bicyclic) bond motifs is 2. The Morgan fingerprint density at radius 1 is 1.05 bits per heavy atom. The summed E-state index contributed by atoms with van der Waals surface area (Å²) < 4.78 is 44.2. The molecule has 2 unspecified atom stereocenters. The topological polar surface area (TPSA) is 85.2 Å². The van der Waals surface area contributed by atoms with Gasteiger partial charge in [-0.3, -0.25) is 9.78 Å². The molecule has 2 aromatic heterocycles. The van der Waals surface area contributed by atoms with E-state index in [1.54, 1.807) is 47.4 Å². The lowest BCUT2D eigenvalue weighted by Gasteiger charge is -2.49. The van der Waals surface area contributed by atoms with Crippen LogP contribution in [0.3, 0.4) is 0 Å². The van der Waals surface area contributed by atoms with Gasteiger partial charge < -0.3 is 0 Å². The smallest absolute Gasteiger partial charge is 0.243 e. The Balaban J connectivity index is 1.42. The van der Waals surface area contributed by atoms with Crippen molar-refractivity contribution in [3.8, 4) is 5.69 Å². The average Bonchev–Trinajstić information content (AvgIpc) is 3.35. The molecule has 1 aliphatic carbocycles. The van der Waals surface area contributed by atoms with Crippen LogP contribution >= 0.6 is 23.2 Å². The summed E-state index contributed by atoms with van der Waals surface area (Å²) in [6.07, 6.45) is 4.57. The van der Waals surface area contributed by atoms with Gasteiger partial charge in [0.25, 0.3) is 0 Å². The Labute approximate surface area is 235 Å². The van der Waals surface area contributed by atoms with E-state index in [4.69, 9.17) is 23.2 Å². The highest BCUT2D eigenvalue weighted by molar-refractivity contribution is 7.89. The predicted molar refractivity (Wildman–Crippen MR) is 145 cm³/mol. The fourth-order valence-corrected chi connectivity index (χ4v) is 7.74. The standard InChI is InChI=1S/C28H23Cl2FN4O3S/c29-23-9-8-22(14-24(23)30)39(37,38)34-12-10-19-13-26-18(16-33-35(26)21-6-4-20(31)5-7-21)15-28(19,17-34)27(36)25-3-1-2-11-32-25/h1-9,11,14,16,19H,10,12-13,15,17H2. The monoisotopic (exact) mass is 584 g/mol. The number of aromatic nitrogens is 3. The van der Waals surface area contributed by atoms with Crippen LogP contribution in [0.15, 0.2) is 78.0 Å². The van der Waals surface area contributed by atoms with Crippen LogP contribution in [0.4, 0.5) is 4.39 Å². The first-order valence-corrected chi connectivity index (χ1v) is 14.6. The summed E-state index contributed by atoms with van der Waals surface area (Å²) >= 11 is 12.2. The molecule has 1 saturated heterocycles. The van der Waals surface area contributed by atoms with Crippen molar-refractivity contribution in [3.63, 3.8) is 0 Å². The molecule has 2 aliphatic rings. The highest BCUT2D eigenvalue weighted by Crippen LogP contribution is 2.48. The van der Waals surface area contributed by atoms with Gasteiger partial charge >= 0.3 is 0 Å². The third-order valence-corrected chi connectivity index (χ3v) is 10.4. The van der Waals surface area contributed by atoms with E-state index in [0.29, 0.717) is 25.0 Å². The molecule has 0 amide bonds. The summed E-state index contributed by atoms with van der Waals surface area (Å²) in [6, 6.07) is 15.5. The van der Waals surface area contributed by atoms with Crippen LogP contribution in [0.5, 0.6) is 0 Å². The highest BCUT2D eigenvalue weighted by Gasteiger charge is 2.54. The molecule has 0 radical (unpaired) electrons. The lowest BCUT2D eigenvalue weighted by atomic mass is 9.60. The molecule has 1 aliphatic heterocycles. The molecule has 0 saturated carbocycles. The van der Waals surface area contributed by atoms with Crippen LogP contribution in [0.1, 0.15) is 28.2 Å². The van der Waals surface area contributed by atoms with Crippen LogP contribution in [-0.4, -0.2) is 46.4 Å². The molecule has 7 nitrogen and oxygen atoms in total. The van der Waals surface area contributed by atoms with Gasteiger partial charge in [-0.15, -0.1) is 0 Å². The minimum absolute atomic E-state index is 0.00315. The summed E-state index contributed by atoms with van der Waals surface area (Å²) in [7, 11) is -3.96. The fourth-order valence-electron chi connectivity index (χ4n) is 5.83. The van der Waals surface area contributed by atoms with Crippen LogP contribution in [0.25, 0.3) is 5.69 Å². The Hall–Kier alpha value is -3.11. The molecule has 39 heavy (non-hydrogen) atoms. The first kappa shape index (κ1) is 26.1. The maximum absolute atomic E-state index is 14.2. The van der Waals surface area contributed by atoms with Crippen molar-refractivity contribution >= 4 is 39.0 Å². The third kappa shape index (κ3) is 4.47. The van der Waals surface area contributed by atoms with Crippen molar-refractivity contribution in [2.24, 2.45) is 11.3 Å². The van der Waals surface area contributed by atoms with Crippen LogP contribution in [0, 0.1) is 17.2 Å². The summed E-state index contributed by atoms with van der Waals surface area (Å²) in [4.78, 5) is 18.5. The predicted octanol–water partition coefficient (Wildman–Crippen LogP) is 5.39. The van der Waals surface area contributed by atoms with Gasteiger partial charge in [-0.2, -0.15) is 9.40 Å². The molecule has 2 atom stereocenters. The highest BCUT2D eigenvalue weighted by atomic mass is 35.5. The Morgan fingerprint density at radius 3 is 2.56 bits per heavy atom. The SMILES string of the molecule is O=C(c1ccccn1)C12Cc3cnn(-c4ccc(F)cc4)c3CC1CCN(S(=O)(=O)c1ccc(Cl)c(Cl)c1)C2. The number of Topliss-reactive ketones (excluding diaryl/α,β-unsaturated/α-hetero) is 1. The van der Waals surface area contributed by atoms with Crippen LogP contribution < -0.4 is 0 Å². The zero-order chi connectivity index (χ0) is 27.4. The number of carbonyl (C=O) groups excluding carboxylic acids is 1. The maximum Gasteiger partial charge on any atom is 0.243 e. The summed E-state index contributed by atoms with van der Waals surface area (Å²) in [5.74, 6) is -0.687. The fraction of sp³-hybridized carbons (Fsp3) is 0.250. The maximum atomic E-state index is 14.2. The second-order valence-electron chi connectivity index (χ2n) is 9.99. The van der Waals surface area contributed by atoms with Crippen molar-refractivity contribution < 1.29 is 17.6 Å². The molecular weight excluding hydrogens is 562 g/mol. The minimum Gasteiger partial charge on any atom is -0.292 e.